The summed E-state index contributed by atoms with van der Waals surface area (Å²) in [6.07, 6.45) is -0.264. The van der Waals surface area contributed by atoms with Gasteiger partial charge in [-0.15, -0.1) is 0 Å². The van der Waals surface area contributed by atoms with Crippen LogP contribution in [0.1, 0.15) is 6.92 Å². The van der Waals surface area contributed by atoms with Gasteiger partial charge in [0.25, 0.3) is 0 Å². The van der Waals surface area contributed by atoms with Gasteiger partial charge in [0.1, 0.15) is 0 Å². The van der Waals surface area contributed by atoms with Gasteiger partial charge in [-0.25, -0.2) is 13.1 Å². The molecule has 0 aromatic carbocycles. The average Bonchev–Trinajstić information content (AvgIpc) is 2.27. The maximum Gasteiger partial charge on any atom is 0.227 e. The second kappa shape index (κ2) is 5.42. The minimum absolute atomic E-state index is 0.147. The summed E-state index contributed by atoms with van der Waals surface area (Å²) < 4.78 is 35.4. The van der Waals surface area contributed by atoms with Crippen LogP contribution in [0.2, 0.25) is 0 Å². The molecule has 6 nitrogen and oxygen atoms in total. The summed E-state index contributed by atoms with van der Waals surface area (Å²) in [5, 5.41) is 7.43. The van der Waals surface area contributed by atoms with Crippen LogP contribution in [0.5, 0.6) is 0 Å². The van der Waals surface area contributed by atoms with Crippen LogP contribution in [0.25, 0.3) is 0 Å². The van der Waals surface area contributed by atoms with Gasteiger partial charge in [-0.05, 0) is 6.92 Å². The first-order chi connectivity index (χ1) is 7.06. The fourth-order valence-corrected chi connectivity index (χ4v) is 1.86. The third-order valence-electron chi connectivity index (χ3n) is 2.04. The molecule has 0 saturated carbocycles. The first kappa shape index (κ1) is 12.4. The third kappa shape index (κ3) is 3.76. The molecule has 7 heteroatoms. The Hall–Kier alpha value is -0.680. The number of ether oxygens (including phenoxy) is 2. The van der Waals surface area contributed by atoms with Gasteiger partial charge >= 0.3 is 0 Å². The number of hydrogen-bond donors (Lipinski definition) is 1. The minimum Gasteiger partial charge on any atom is -0.376 e. The van der Waals surface area contributed by atoms with Crippen LogP contribution in [0.3, 0.4) is 0 Å². The predicted molar refractivity (Wildman–Crippen MR) is 52.6 cm³/mol. The Balaban J connectivity index is 2.39. The van der Waals surface area contributed by atoms with Crippen molar-refractivity contribution < 1.29 is 17.9 Å². The van der Waals surface area contributed by atoms with E-state index in [9.17, 15) is 8.42 Å². The lowest BCUT2D eigenvalue weighted by Crippen LogP contribution is -2.42. The predicted octanol–water partition coefficient (Wildman–Crippen LogP) is -0.767. The molecule has 0 bridgehead atoms. The summed E-state index contributed by atoms with van der Waals surface area (Å²) in [6.45, 7) is 2.87. The van der Waals surface area contributed by atoms with E-state index in [1.54, 1.807) is 6.07 Å². The molecule has 1 heterocycles. The molecule has 15 heavy (non-hydrogen) atoms. The van der Waals surface area contributed by atoms with E-state index < -0.39 is 15.3 Å². The number of nitriles is 1. The Bertz CT molecular complexity index is 329. The number of nitrogens with zero attached hydrogens (tertiary/aromatic N) is 1. The monoisotopic (exact) mass is 234 g/mol. The first-order valence-electron chi connectivity index (χ1n) is 4.63. The lowest BCUT2D eigenvalue weighted by Gasteiger charge is -2.23. The molecule has 1 rings (SSSR count). The zero-order valence-corrected chi connectivity index (χ0v) is 9.29. The fraction of sp³-hybridized carbons (Fsp3) is 0.875. The van der Waals surface area contributed by atoms with Crippen molar-refractivity contribution in [3.8, 4) is 6.07 Å². The van der Waals surface area contributed by atoms with E-state index >= 15 is 0 Å². The van der Waals surface area contributed by atoms with Gasteiger partial charge in [0.05, 0.1) is 32.0 Å². The SMILES string of the molecule is CC(C#N)S(=O)(=O)NCC1COCCO1. The molecule has 0 aromatic heterocycles. The van der Waals surface area contributed by atoms with Crippen LogP contribution in [0.4, 0.5) is 0 Å². The van der Waals surface area contributed by atoms with E-state index in [1.165, 1.54) is 6.92 Å². The normalized spacial score (nSPS) is 24.4. The van der Waals surface area contributed by atoms with Crippen molar-refractivity contribution in [2.24, 2.45) is 0 Å². The van der Waals surface area contributed by atoms with E-state index in [-0.39, 0.29) is 12.6 Å². The average molecular weight is 234 g/mol. The van der Waals surface area contributed by atoms with E-state index in [4.69, 9.17) is 14.7 Å². The van der Waals surface area contributed by atoms with Crippen molar-refractivity contribution in [2.75, 3.05) is 26.4 Å². The number of rotatable bonds is 4. The van der Waals surface area contributed by atoms with Gasteiger partial charge < -0.3 is 9.47 Å². The fourth-order valence-electron chi connectivity index (χ4n) is 1.06. The van der Waals surface area contributed by atoms with E-state index in [2.05, 4.69) is 4.72 Å². The summed E-state index contributed by atoms with van der Waals surface area (Å²) in [6, 6.07) is 1.67. The van der Waals surface area contributed by atoms with E-state index in [0.717, 1.165) is 0 Å². The van der Waals surface area contributed by atoms with Crippen molar-refractivity contribution in [3.63, 3.8) is 0 Å². The Labute approximate surface area is 89.2 Å². The van der Waals surface area contributed by atoms with Crippen LogP contribution in [0, 0.1) is 11.3 Å². The van der Waals surface area contributed by atoms with Crippen LogP contribution in [0.15, 0.2) is 0 Å². The molecule has 86 valence electrons. The molecule has 2 atom stereocenters. The Morgan fingerprint density at radius 1 is 1.60 bits per heavy atom. The molecule has 1 aliphatic rings. The molecular weight excluding hydrogens is 220 g/mol. The summed E-state index contributed by atoms with van der Waals surface area (Å²) >= 11 is 0. The van der Waals surface area contributed by atoms with Crippen LogP contribution in [-0.4, -0.2) is 46.1 Å². The molecule has 1 N–H and O–H groups in total. The van der Waals surface area contributed by atoms with Crippen LogP contribution < -0.4 is 4.72 Å². The standard InChI is InChI=1S/C8H14N2O4S/c1-7(4-9)15(11,12)10-5-8-6-13-2-3-14-8/h7-8,10H,2-3,5-6H2,1H3. The van der Waals surface area contributed by atoms with Crippen molar-refractivity contribution in [2.45, 2.75) is 18.3 Å². The van der Waals surface area contributed by atoms with Gasteiger partial charge in [0, 0.05) is 6.54 Å². The first-order valence-corrected chi connectivity index (χ1v) is 6.18. The van der Waals surface area contributed by atoms with Crippen molar-refractivity contribution in [1.29, 1.82) is 5.26 Å². The highest BCUT2D eigenvalue weighted by molar-refractivity contribution is 7.90. The van der Waals surface area contributed by atoms with Gasteiger partial charge in [-0.1, -0.05) is 0 Å². The van der Waals surface area contributed by atoms with Crippen molar-refractivity contribution in [3.05, 3.63) is 0 Å². The highest BCUT2D eigenvalue weighted by Gasteiger charge is 2.22. The maximum absolute atomic E-state index is 11.4. The Morgan fingerprint density at radius 3 is 2.87 bits per heavy atom. The van der Waals surface area contributed by atoms with E-state index in [1.807, 2.05) is 0 Å². The van der Waals surface area contributed by atoms with Gasteiger partial charge in [-0.2, -0.15) is 5.26 Å². The van der Waals surface area contributed by atoms with Gasteiger partial charge in [0.2, 0.25) is 10.0 Å². The molecule has 1 fully saturated rings. The second-order valence-electron chi connectivity index (χ2n) is 3.23. The number of hydrogen-bond acceptors (Lipinski definition) is 5. The molecule has 0 spiro atoms. The molecule has 1 saturated heterocycles. The molecule has 1 aliphatic heterocycles. The van der Waals surface area contributed by atoms with E-state index in [0.29, 0.717) is 19.8 Å². The summed E-state index contributed by atoms with van der Waals surface area (Å²) in [7, 11) is -3.56. The lowest BCUT2D eigenvalue weighted by molar-refractivity contribution is -0.0847. The summed E-state index contributed by atoms with van der Waals surface area (Å²) in [4.78, 5) is 0. The maximum atomic E-state index is 11.4. The largest absolute Gasteiger partial charge is 0.376 e. The van der Waals surface area contributed by atoms with Crippen LogP contribution in [-0.2, 0) is 19.5 Å². The molecule has 0 aliphatic carbocycles. The van der Waals surface area contributed by atoms with Crippen molar-refractivity contribution >= 4 is 10.0 Å². The van der Waals surface area contributed by atoms with Gasteiger partial charge in [0.15, 0.2) is 5.25 Å². The number of sulfonamides is 1. The highest BCUT2D eigenvalue weighted by atomic mass is 32.2. The molecule has 0 amide bonds. The molecule has 0 aromatic rings. The van der Waals surface area contributed by atoms with Gasteiger partial charge in [-0.3, -0.25) is 0 Å². The minimum atomic E-state index is -3.56. The zero-order valence-electron chi connectivity index (χ0n) is 8.47. The molecule has 0 radical (unpaired) electrons. The Morgan fingerprint density at radius 2 is 2.33 bits per heavy atom. The molecule has 2 unspecified atom stereocenters. The smallest absolute Gasteiger partial charge is 0.227 e. The quantitative estimate of drug-likeness (QED) is 0.690. The Kier molecular flexibility index (Phi) is 4.47. The number of nitrogens with one attached hydrogen (secondary N) is 1. The summed E-state index contributed by atoms with van der Waals surface area (Å²) in [5.41, 5.74) is 0. The molecular formula is C8H14N2O4S. The topological polar surface area (TPSA) is 88.4 Å². The third-order valence-corrected chi connectivity index (χ3v) is 3.65. The lowest BCUT2D eigenvalue weighted by atomic mass is 10.3. The zero-order chi connectivity index (χ0) is 11.3. The summed E-state index contributed by atoms with van der Waals surface area (Å²) in [5.74, 6) is 0. The van der Waals surface area contributed by atoms with Crippen LogP contribution >= 0.6 is 0 Å². The highest BCUT2D eigenvalue weighted by Crippen LogP contribution is 2.01. The van der Waals surface area contributed by atoms with Crippen molar-refractivity contribution in [1.82, 2.24) is 4.72 Å². The second-order valence-corrected chi connectivity index (χ2v) is 5.32.